The van der Waals surface area contributed by atoms with Crippen molar-refractivity contribution >= 4 is 23.2 Å². The van der Waals surface area contributed by atoms with Crippen LogP contribution in [0.3, 0.4) is 0 Å². The highest BCUT2D eigenvalue weighted by Gasteiger charge is 2.25. The third kappa shape index (κ3) is 2.57. The molecular formula is C23H20N2O. The Bertz CT molecular complexity index is 1000. The van der Waals surface area contributed by atoms with Gasteiger partial charge < -0.3 is 10.3 Å². The van der Waals surface area contributed by atoms with Crippen LogP contribution in [0.2, 0.25) is 0 Å². The third-order valence-corrected chi connectivity index (χ3v) is 5.34. The van der Waals surface area contributed by atoms with E-state index >= 15 is 0 Å². The van der Waals surface area contributed by atoms with E-state index in [9.17, 15) is 4.79 Å². The van der Waals surface area contributed by atoms with E-state index in [-0.39, 0.29) is 5.91 Å². The van der Waals surface area contributed by atoms with Gasteiger partial charge in [0.2, 0.25) is 0 Å². The zero-order valence-electron chi connectivity index (χ0n) is 14.5. The number of carbonyl (C=O) groups is 1. The maximum atomic E-state index is 12.5. The summed E-state index contributed by atoms with van der Waals surface area (Å²) in [6.45, 7) is 0. The van der Waals surface area contributed by atoms with Crippen molar-refractivity contribution in [3.63, 3.8) is 0 Å². The van der Waals surface area contributed by atoms with Gasteiger partial charge in [-0.1, -0.05) is 42.5 Å². The molecule has 2 aliphatic rings. The lowest BCUT2D eigenvalue weighted by Crippen LogP contribution is -2.03. The molecule has 3 nitrogen and oxygen atoms in total. The van der Waals surface area contributed by atoms with Gasteiger partial charge in [0, 0.05) is 22.6 Å². The summed E-state index contributed by atoms with van der Waals surface area (Å²) >= 11 is 0. The lowest BCUT2D eigenvalue weighted by molar-refractivity contribution is -0.110. The highest BCUT2D eigenvalue weighted by atomic mass is 16.2. The summed E-state index contributed by atoms with van der Waals surface area (Å²) in [7, 11) is 0. The molecule has 26 heavy (non-hydrogen) atoms. The molecule has 0 bridgehead atoms. The smallest absolute Gasteiger partial charge is 0.256 e. The first-order valence-electron chi connectivity index (χ1n) is 9.21. The number of rotatable bonds is 2. The minimum atomic E-state index is -0.0298. The van der Waals surface area contributed by atoms with Crippen LogP contribution in [0, 0.1) is 0 Å². The zero-order chi connectivity index (χ0) is 17.5. The molecule has 1 aromatic heterocycles. The second kappa shape index (κ2) is 6.03. The number of aromatic nitrogens is 1. The van der Waals surface area contributed by atoms with E-state index in [0.717, 1.165) is 46.5 Å². The molecule has 1 aliphatic heterocycles. The van der Waals surface area contributed by atoms with Crippen molar-refractivity contribution in [2.45, 2.75) is 25.7 Å². The van der Waals surface area contributed by atoms with Crippen molar-refractivity contribution in [1.82, 2.24) is 4.98 Å². The lowest BCUT2D eigenvalue weighted by Gasteiger charge is -2.08. The Labute approximate surface area is 152 Å². The van der Waals surface area contributed by atoms with Crippen LogP contribution >= 0.6 is 0 Å². The molecule has 0 saturated carbocycles. The van der Waals surface area contributed by atoms with Gasteiger partial charge >= 0.3 is 0 Å². The Morgan fingerprint density at radius 2 is 1.73 bits per heavy atom. The molecule has 128 valence electrons. The number of aryl methyl sites for hydroxylation is 2. The largest absolute Gasteiger partial charge is 0.359 e. The average molecular weight is 340 g/mol. The SMILES string of the molecule is O=C1Nc2cc(-c3ccccc3)ccc2C1=Cc1cc2c([nH]1)CCCC2. The van der Waals surface area contributed by atoms with E-state index in [0.29, 0.717) is 0 Å². The fourth-order valence-corrected chi connectivity index (χ4v) is 4.01. The van der Waals surface area contributed by atoms with Crippen LogP contribution in [0.1, 0.15) is 35.4 Å². The summed E-state index contributed by atoms with van der Waals surface area (Å²) in [6.07, 6.45) is 6.74. The van der Waals surface area contributed by atoms with Crippen molar-refractivity contribution < 1.29 is 4.79 Å². The second-order valence-electron chi connectivity index (χ2n) is 7.07. The van der Waals surface area contributed by atoms with Gasteiger partial charge in [-0.05, 0) is 60.6 Å². The molecule has 2 N–H and O–H groups in total. The first kappa shape index (κ1) is 15.2. The van der Waals surface area contributed by atoms with Crippen molar-refractivity contribution in [3.8, 4) is 11.1 Å². The first-order chi connectivity index (χ1) is 12.8. The lowest BCUT2D eigenvalue weighted by atomic mass is 9.98. The Balaban J connectivity index is 1.53. The molecular weight excluding hydrogens is 320 g/mol. The second-order valence-corrected chi connectivity index (χ2v) is 7.07. The van der Waals surface area contributed by atoms with E-state index in [4.69, 9.17) is 0 Å². The van der Waals surface area contributed by atoms with Gasteiger partial charge in [-0.15, -0.1) is 0 Å². The number of nitrogens with one attached hydrogen (secondary N) is 2. The van der Waals surface area contributed by atoms with Gasteiger partial charge in [0.25, 0.3) is 5.91 Å². The molecule has 0 atom stereocenters. The first-order valence-corrected chi connectivity index (χ1v) is 9.21. The monoisotopic (exact) mass is 340 g/mol. The minimum absolute atomic E-state index is 0.0298. The maximum absolute atomic E-state index is 12.5. The van der Waals surface area contributed by atoms with Gasteiger partial charge in [-0.3, -0.25) is 4.79 Å². The molecule has 0 saturated heterocycles. The van der Waals surface area contributed by atoms with Gasteiger partial charge in [0.15, 0.2) is 0 Å². The summed E-state index contributed by atoms with van der Waals surface area (Å²) in [5.41, 5.74) is 8.63. The van der Waals surface area contributed by atoms with Gasteiger partial charge in [0.05, 0.1) is 5.57 Å². The molecule has 3 heteroatoms. The Kier molecular flexibility index (Phi) is 3.52. The van der Waals surface area contributed by atoms with Crippen molar-refractivity contribution in [2.24, 2.45) is 0 Å². The molecule has 1 amide bonds. The number of hydrogen-bond donors (Lipinski definition) is 2. The van der Waals surface area contributed by atoms with Crippen LogP contribution in [0.4, 0.5) is 5.69 Å². The zero-order valence-corrected chi connectivity index (χ0v) is 14.5. The van der Waals surface area contributed by atoms with Crippen molar-refractivity contribution in [2.75, 3.05) is 5.32 Å². The van der Waals surface area contributed by atoms with Crippen LogP contribution in [0.15, 0.2) is 54.6 Å². The molecule has 5 rings (SSSR count). The number of carbonyl (C=O) groups excluding carboxylic acids is 1. The number of benzene rings is 2. The normalized spacial score (nSPS) is 17.1. The Morgan fingerprint density at radius 1 is 0.885 bits per heavy atom. The Hall–Kier alpha value is -3.07. The highest BCUT2D eigenvalue weighted by Crippen LogP contribution is 2.36. The summed E-state index contributed by atoms with van der Waals surface area (Å²) in [4.78, 5) is 16.0. The number of amides is 1. The number of fused-ring (bicyclic) bond motifs is 2. The predicted octanol–water partition coefficient (Wildman–Crippen LogP) is 5.05. The molecule has 2 aromatic carbocycles. The van der Waals surface area contributed by atoms with Crippen molar-refractivity contribution in [1.29, 1.82) is 0 Å². The third-order valence-electron chi connectivity index (χ3n) is 5.34. The summed E-state index contributed by atoms with van der Waals surface area (Å²) in [5.74, 6) is -0.0298. The van der Waals surface area contributed by atoms with Crippen molar-refractivity contribution in [3.05, 3.63) is 77.1 Å². The molecule has 0 unspecified atom stereocenters. The number of aromatic amines is 1. The predicted molar refractivity (Wildman–Crippen MR) is 106 cm³/mol. The molecule has 0 fully saturated rings. The molecule has 1 aliphatic carbocycles. The highest BCUT2D eigenvalue weighted by molar-refractivity contribution is 6.35. The molecule has 2 heterocycles. The van der Waals surface area contributed by atoms with Crippen LogP contribution in [-0.2, 0) is 17.6 Å². The van der Waals surface area contributed by atoms with Gasteiger partial charge in [-0.25, -0.2) is 0 Å². The Morgan fingerprint density at radius 3 is 2.58 bits per heavy atom. The van der Waals surface area contributed by atoms with Crippen LogP contribution in [0.5, 0.6) is 0 Å². The molecule has 3 aromatic rings. The fraction of sp³-hybridized carbons (Fsp3) is 0.174. The average Bonchev–Trinajstić information content (AvgIpc) is 3.22. The van der Waals surface area contributed by atoms with Crippen LogP contribution < -0.4 is 5.32 Å². The van der Waals surface area contributed by atoms with Crippen LogP contribution in [-0.4, -0.2) is 10.9 Å². The minimum Gasteiger partial charge on any atom is -0.359 e. The topological polar surface area (TPSA) is 44.9 Å². The fourth-order valence-electron chi connectivity index (χ4n) is 4.01. The van der Waals surface area contributed by atoms with E-state index in [1.54, 1.807) is 0 Å². The number of anilines is 1. The standard InChI is InChI=1S/C23H20N2O/c26-23-20(14-18-12-17-8-4-5-9-21(17)24-18)19-11-10-16(13-22(19)25-23)15-6-2-1-3-7-15/h1-3,6-7,10-14,24H,4-5,8-9H2,(H,25,26). The van der Waals surface area contributed by atoms with E-state index in [1.165, 1.54) is 24.1 Å². The summed E-state index contributed by atoms with van der Waals surface area (Å²) in [5, 5.41) is 3.02. The van der Waals surface area contributed by atoms with Gasteiger partial charge in [0.1, 0.15) is 0 Å². The van der Waals surface area contributed by atoms with E-state index < -0.39 is 0 Å². The summed E-state index contributed by atoms with van der Waals surface area (Å²) in [6, 6.07) is 18.6. The van der Waals surface area contributed by atoms with Crippen LogP contribution in [0.25, 0.3) is 22.8 Å². The molecule has 0 radical (unpaired) electrons. The number of H-pyrrole nitrogens is 1. The molecule has 0 spiro atoms. The summed E-state index contributed by atoms with van der Waals surface area (Å²) < 4.78 is 0. The quantitative estimate of drug-likeness (QED) is 0.630. The van der Waals surface area contributed by atoms with E-state index in [1.807, 2.05) is 30.3 Å². The maximum Gasteiger partial charge on any atom is 0.256 e. The van der Waals surface area contributed by atoms with E-state index in [2.05, 4.69) is 40.6 Å². The van der Waals surface area contributed by atoms with Gasteiger partial charge in [-0.2, -0.15) is 0 Å². The number of hydrogen-bond acceptors (Lipinski definition) is 1.